The Hall–Kier alpha value is -2.71. The summed E-state index contributed by atoms with van der Waals surface area (Å²) in [5, 5.41) is 6.37. The zero-order valence-electron chi connectivity index (χ0n) is 18.4. The van der Waals surface area contributed by atoms with Crippen molar-refractivity contribution in [3.05, 3.63) is 59.9 Å². The first-order chi connectivity index (χ1) is 14.6. The smallest absolute Gasteiger partial charge is 0.272 e. The van der Waals surface area contributed by atoms with Crippen LogP contribution in [0.5, 0.6) is 0 Å². The molecule has 164 valence electrons. The zero-order chi connectivity index (χ0) is 22.4. The number of hydrogen-bond donors (Lipinski definition) is 0. The molecule has 1 fully saturated rings. The van der Waals surface area contributed by atoms with E-state index in [4.69, 9.17) is 0 Å². The van der Waals surface area contributed by atoms with Crippen molar-refractivity contribution in [1.29, 1.82) is 0 Å². The molecule has 2 heterocycles. The molecule has 1 aromatic heterocycles. The fourth-order valence-electron chi connectivity index (χ4n) is 3.80. The van der Waals surface area contributed by atoms with Gasteiger partial charge in [0.2, 0.25) is 10.0 Å². The van der Waals surface area contributed by atoms with Crippen LogP contribution in [-0.4, -0.2) is 59.5 Å². The minimum atomic E-state index is -3.61. The number of aromatic nitrogens is 2. The summed E-state index contributed by atoms with van der Waals surface area (Å²) in [5.41, 5.74) is 1.23. The molecule has 0 aliphatic carbocycles. The Morgan fingerprint density at radius 2 is 1.58 bits per heavy atom. The van der Waals surface area contributed by atoms with Gasteiger partial charge in [0.05, 0.1) is 10.6 Å². The minimum Gasteiger partial charge on any atom is -0.335 e. The van der Waals surface area contributed by atoms with Crippen LogP contribution in [0, 0.1) is 0 Å². The normalized spacial score (nSPS) is 16.1. The van der Waals surface area contributed by atoms with Crippen molar-refractivity contribution in [2.75, 3.05) is 26.2 Å². The zero-order valence-corrected chi connectivity index (χ0v) is 19.2. The first-order valence-corrected chi connectivity index (χ1v) is 11.8. The van der Waals surface area contributed by atoms with Crippen LogP contribution in [0.15, 0.2) is 53.4 Å². The van der Waals surface area contributed by atoms with Gasteiger partial charge in [0.25, 0.3) is 5.91 Å². The molecule has 0 N–H and O–H groups in total. The van der Waals surface area contributed by atoms with Gasteiger partial charge in [-0.1, -0.05) is 51.1 Å². The van der Waals surface area contributed by atoms with E-state index in [1.54, 1.807) is 28.8 Å². The van der Waals surface area contributed by atoms with Crippen molar-refractivity contribution >= 4 is 26.7 Å². The Balaban J connectivity index is 1.49. The molecule has 0 spiro atoms. The maximum atomic E-state index is 13.2. The monoisotopic (exact) mass is 440 g/mol. The van der Waals surface area contributed by atoms with Crippen molar-refractivity contribution < 1.29 is 13.2 Å². The fraction of sp³-hybridized carbons (Fsp3) is 0.391. The molecule has 2 aromatic carbocycles. The van der Waals surface area contributed by atoms with Gasteiger partial charge in [0.15, 0.2) is 0 Å². The number of hydrogen-bond acceptors (Lipinski definition) is 4. The Kier molecular flexibility index (Phi) is 5.39. The number of sulfonamides is 1. The number of rotatable bonds is 3. The van der Waals surface area contributed by atoms with E-state index < -0.39 is 10.0 Å². The molecule has 3 aromatic rings. The summed E-state index contributed by atoms with van der Waals surface area (Å²) in [6.07, 6.45) is 0. The summed E-state index contributed by atoms with van der Waals surface area (Å²) in [7, 11) is -1.85. The maximum absolute atomic E-state index is 13.2. The lowest BCUT2D eigenvalue weighted by molar-refractivity contribution is 0.0687. The topological polar surface area (TPSA) is 75.5 Å². The molecule has 1 saturated heterocycles. The standard InChI is InChI=1S/C23H28N4O3S/c1-23(2,3)21-16-20(25(4)24-21)22(28)26-11-13-27(14-12-26)31(29,30)19-10-9-17-7-5-6-8-18(17)15-19/h5-10,15-16H,11-14H2,1-4H3. The summed E-state index contributed by atoms with van der Waals surface area (Å²) in [6, 6.07) is 14.7. The fourth-order valence-corrected chi connectivity index (χ4v) is 5.26. The molecule has 1 amide bonds. The summed E-state index contributed by atoms with van der Waals surface area (Å²) in [5.74, 6) is -0.117. The van der Waals surface area contributed by atoms with Crippen LogP contribution in [0.3, 0.4) is 0 Å². The first-order valence-electron chi connectivity index (χ1n) is 10.4. The Morgan fingerprint density at radius 1 is 0.935 bits per heavy atom. The number of carbonyl (C=O) groups excluding carboxylic acids is 1. The van der Waals surface area contributed by atoms with Crippen molar-refractivity contribution in [2.45, 2.75) is 31.1 Å². The van der Waals surface area contributed by atoms with Crippen molar-refractivity contribution in [2.24, 2.45) is 7.05 Å². The maximum Gasteiger partial charge on any atom is 0.272 e. The first kappa shape index (κ1) is 21.5. The molecule has 31 heavy (non-hydrogen) atoms. The SMILES string of the molecule is Cn1nc(C(C)(C)C)cc1C(=O)N1CCN(S(=O)(=O)c2ccc3ccccc3c2)CC1. The van der Waals surface area contributed by atoms with Crippen LogP contribution in [0.4, 0.5) is 0 Å². The van der Waals surface area contributed by atoms with Gasteiger partial charge in [-0.25, -0.2) is 8.42 Å². The highest BCUT2D eigenvalue weighted by Gasteiger charge is 2.32. The van der Waals surface area contributed by atoms with E-state index in [0.29, 0.717) is 18.8 Å². The van der Waals surface area contributed by atoms with E-state index in [0.717, 1.165) is 16.5 Å². The lowest BCUT2D eigenvalue weighted by Crippen LogP contribution is -2.50. The number of carbonyl (C=O) groups is 1. The van der Waals surface area contributed by atoms with Crippen molar-refractivity contribution in [1.82, 2.24) is 19.0 Å². The summed E-state index contributed by atoms with van der Waals surface area (Å²) >= 11 is 0. The number of amides is 1. The van der Waals surface area contributed by atoms with Crippen LogP contribution >= 0.6 is 0 Å². The van der Waals surface area contributed by atoms with Gasteiger partial charge in [-0.05, 0) is 29.0 Å². The quantitative estimate of drug-likeness (QED) is 0.627. The Bertz CT molecular complexity index is 1230. The van der Waals surface area contributed by atoms with Gasteiger partial charge in [0.1, 0.15) is 5.69 Å². The van der Waals surface area contributed by atoms with E-state index in [1.165, 1.54) is 4.31 Å². The third-order valence-electron chi connectivity index (χ3n) is 5.75. The molecule has 0 radical (unpaired) electrons. The van der Waals surface area contributed by atoms with Crippen LogP contribution in [-0.2, 0) is 22.5 Å². The molecular formula is C23H28N4O3S. The molecule has 0 atom stereocenters. The van der Waals surface area contributed by atoms with E-state index in [-0.39, 0.29) is 29.3 Å². The van der Waals surface area contributed by atoms with Crippen molar-refractivity contribution in [3.63, 3.8) is 0 Å². The van der Waals surface area contributed by atoms with Gasteiger partial charge < -0.3 is 4.90 Å². The molecule has 8 heteroatoms. The summed E-state index contributed by atoms with van der Waals surface area (Å²) in [6.45, 7) is 7.40. The van der Waals surface area contributed by atoms with Gasteiger partial charge in [-0.2, -0.15) is 9.40 Å². The van der Waals surface area contributed by atoms with Gasteiger partial charge in [-0.3, -0.25) is 9.48 Å². The lowest BCUT2D eigenvalue weighted by Gasteiger charge is -2.34. The highest BCUT2D eigenvalue weighted by atomic mass is 32.2. The molecule has 7 nitrogen and oxygen atoms in total. The highest BCUT2D eigenvalue weighted by molar-refractivity contribution is 7.89. The molecule has 0 saturated carbocycles. The molecule has 4 rings (SSSR count). The van der Waals surface area contributed by atoms with Crippen LogP contribution in [0.25, 0.3) is 10.8 Å². The van der Waals surface area contributed by atoms with Crippen LogP contribution in [0.1, 0.15) is 37.0 Å². The third kappa shape index (κ3) is 4.09. The second kappa shape index (κ2) is 7.76. The lowest BCUT2D eigenvalue weighted by atomic mass is 9.92. The molecule has 0 unspecified atom stereocenters. The van der Waals surface area contributed by atoms with E-state index in [1.807, 2.05) is 36.4 Å². The molecular weight excluding hydrogens is 412 g/mol. The highest BCUT2D eigenvalue weighted by Crippen LogP contribution is 2.24. The van der Waals surface area contributed by atoms with E-state index in [9.17, 15) is 13.2 Å². The summed E-state index contributed by atoms with van der Waals surface area (Å²) < 4.78 is 29.4. The van der Waals surface area contributed by atoms with Crippen molar-refractivity contribution in [3.8, 4) is 0 Å². The predicted octanol–water partition coefficient (Wildman–Crippen LogP) is 3.02. The van der Waals surface area contributed by atoms with Gasteiger partial charge in [-0.15, -0.1) is 0 Å². The van der Waals surface area contributed by atoms with E-state index >= 15 is 0 Å². The van der Waals surface area contributed by atoms with Gasteiger partial charge >= 0.3 is 0 Å². The Morgan fingerprint density at radius 3 is 2.19 bits per heavy atom. The van der Waals surface area contributed by atoms with Gasteiger partial charge in [0, 0.05) is 38.6 Å². The largest absolute Gasteiger partial charge is 0.335 e. The average molecular weight is 441 g/mol. The number of benzene rings is 2. The summed E-state index contributed by atoms with van der Waals surface area (Å²) in [4.78, 5) is 15.0. The number of aryl methyl sites for hydroxylation is 1. The number of fused-ring (bicyclic) bond motifs is 1. The van der Waals surface area contributed by atoms with E-state index in [2.05, 4.69) is 25.9 Å². The molecule has 1 aliphatic heterocycles. The third-order valence-corrected chi connectivity index (χ3v) is 7.65. The minimum absolute atomic E-state index is 0.117. The van der Waals surface area contributed by atoms with Crippen LogP contribution < -0.4 is 0 Å². The number of piperazine rings is 1. The predicted molar refractivity (Wildman–Crippen MR) is 121 cm³/mol. The molecule has 0 bridgehead atoms. The average Bonchev–Trinajstić information content (AvgIpc) is 3.15. The van der Waals surface area contributed by atoms with Crippen LogP contribution in [0.2, 0.25) is 0 Å². The Labute approximate surface area is 183 Å². The molecule has 1 aliphatic rings. The second-order valence-corrected chi connectivity index (χ2v) is 10.9. The number of nitrogens with zero attached hydrogens (tertiary/aromatic N) is 4. The second-order valence-electron chi connectivity index (χ2n) is 8.99.